The predicted octanol–water partition coefficient (Wildman–Crippen LogP) is 2.39. The Bertz CT molecular complexity index is 344. The lowest BCUT2D eigenvalue weighted by molar-refractivity contribution is 0.108. The van der Waals surface area contributed by atoms with Crippen molar-refractivity contribution in [1.29, 1.82) is 0 Å². The Kier molecular flexibility index (Phi) is 5.02. The van der Waals surface area contributed by atoms with Crippen molar-refractivity contribution >= 4 is 0 Å². The molecule has 0 aromatic heterocycles. The molecule has 0 bridgehead atoms. The van der Waals surface area contributed by atoms with Crippen LogP contribution in [0.3, 0.4) is 0 Å². The van der Waals surface area contributed by atoms with Crippen LogP contribution >= 0.6 is 0 Å². The van der Waals surface area contributed by atoms with E-state index in [4.69, 9.17) is 9.47 Å². The zero-order valence-electron chi connectivity index (χ0n) is 11.3. The highest BCUT2D eigenvalue weighted by molar-refractivity contribution is 5.27. The number of benzene rings is 1. The molecule has 1 aliphatic rings. The summed E-state index contributed by atoms with van der Waals surface area (Å²) < 4.78 is 10.8. The third-order valence-electron chi connectivity index (χ3n) is 3.42. The van der Waals surface area contributed by atoms with Crippen LogP contribution in [-0.2, 0) is 11.2 Å². The van der Waals surface area contributed by atoms with Gasteiger partial charge in [-0.2, -0.15) is 0 Å². The first kappa shape index (κ1) is 13.4. The van der Waals surface area contributed by atoms with Crippen LogP contribution in [0.25, 0.3) is 0 Å². The lowest BCUT2D eigenvalue weighted by Crippen LogP contribution is -2.34. The second-order valence-electron chi connectivity index (χ2n) is 5.00. The monoisotopic (exact) mass is 249 g/mol. The fourth-order valence-corrected chi connectivity index (χ4v) is 2.33. The predicted molar refractivity (Wildman–Crippen MR) is 73.1 cm³/mol. The fourth-order valence-electron chi connectivity index (χ4n) is 2.33. The topological polar surface area (TPSA) is 30.5 Å². The molecule has 3 heteroatoms. The molecule has 1 N–H and O–H groups in total. The maximum atomic E-state index is 5.60. The Hall–Kier alpha value is -1.06. The van der Waals surface area contributed by atoms with Crippen molar-refractivity contribution in [2.24, 2.45) is 0 Å². The molecule has 18 heavy (non-hydrogen) atoms. The number of ether oxygens (including phenoxy) is 2. The second-order valence-corrected chi connectivity index (χ2v) is 5.00. The van der Waals surface area contributed by atoms with E-state index in [0.717, 1.165) is 25.3 Å². The summed E-state index contributed by atoms with van der Waals surface area (Å²) in [6.07, 6.45) is 3.86. The van der Waals surface area contributed by atoms with Crippen LogP contribution in [0.1, 0.15) is 25.3 Å². The molecular weight excluding hydrogens is 226 g/mol. The second kappa shape index (κ2) is 6.76. The van der Waals surface area contributed by atoms with Gasteiger partial charge in [-0.05, 0) is 43.9 Å². The molecule has 1 saturated heterocycles. The molecule has 3 nitrogen and oxygen atoms in total. The zero-order valence-corrected chi connectivity index (χ0v) is 11.3. The molecule has 0 aliphatic carbocycles. The lowest BCUT2D eigenvalue weighted by atomic mass is 10.1. The van der Waals surface area contributed by atoms with Gasteiger partial charge in [-0.15, -0.1) is 0 Å². The molecule has 1 aromatic carbocycles. The maximum absolute atomic E-state index is 5.60. The molecule has 2 rings (SSSR count). The van der Waals surface area contributed by atoms with Crippen molar-refractivity contribution in [3.05, 3.63) is 29.8 Å². The van der Waals surface area contributed by atoms with Gasteiger partial charge in [0.2, 0.25) is 0 Å². The van der Waals surface area contributed by atoms with E-state index in [2.05, 4.69) is 24.4 Å². The molecule has 1 fully saturated rings. The molecule has 2 atom stereocenters. The quantitative estimate of drug-likeness (QED) is 0.839. The first-order chi connectivity index (χ1) is 8.78. The number of methoxy groups -OCH3 is 1. The molecule has 0 spiro atoms. The summed E-state index contributed by atoms with van der Waals surface area (Å²) in [6.45, 7) is 4.12. The summed E-state index contributed by atoms with van der Waals surface area (Å²) in [6, 6.07) is 8.76. The van der Waals surface area contributed by atoms with Crippen LogP contribution in [0.2, 0.25) is 0 Å². The molecule has 100 valence electrons. The van der Waals surface area contributed by atoms with Crippen molar-refractivity contribution in [2.75, 3.05) is 20.3 Å². The third-order valence-corrected chi connectivity index (χ3v) is 3.42. The van der Waals surface area contributed by atoms with Crippen molar-refractivity contribution in [1.82, 2.24) is 5.32 Å². The first-order valence-electron chi connectivity index (χ1n) is 6.76. The van der Waals surface area contributed by atoms with E-state index in [9.17, 15) is 0 Å². The third kappa shape index (κ3) is 4.00. The number of hydrogen-bond acceptors (Lipinski definition) is 3. The molecule has 0 amide bonds. The fraction of sp³-hybridized carbons (Fsp3) is 0.600. The minimum atomic E-state index is 0.420. The van der Waals surface area contributed by atoms with E-state index < -0.39 is 0 Å². The normalized spacial score (nSPS) is 20.9. The summed E-state index contributed by atoms with van der Waals surface area (Å²) >= 11 is 0. The van der Waals surface area contributed by atoms with Gasteiger partial charge in [0, 0.05) is 19.2 Å². The molecular formula is C15H23NO2. The van der Waals surface area contributed by atoms with Gasteiger partial charge in [0.1, 0.15) is 5.75 Å². The molecule has 1 aromatic rings. The van der Waals surface area contributed by atoms with Gasteiger partial charge >= 0.3 is 0 Å². The van der Waals surface area contributed by atoms with Crippen LogP contribution in [-0.4, -0.2) is 32.4 Å². The zero-order chi connectivity index (χ0) is 12.8. The summed E-state index contributed by atoms with van der Waals surface area (Å²) in [4.78, 5) is 0. The minimum absolute atomic E-state index is 0.420. The van der Waals surface area contributed by atoms with Gasteiger partial charge in [-0.1, -0.05) is 12.1 Å². The van der Waals surface area contributed by atoms with Gasteiger partial charge in [0.15, 0.2) is 0 Å². The first-order valence-corrected chi connectivity index (χ1v) is 6.76. The lowest BCUT2D eigenvalue weighted by Gasteiger charge is -2.17. The highest BCUT2D eigenvalue weighted by Gasteiger charge is 2.15. The average Bonchev–Trinajstić information content (AvgIpc) is 2.90. The van der Waals surface area contributed by atoms with Crippen LogP contribution in [0.4, 0.5) is 0 Å². The van der Waals surface area contributed by atoms with Crippen LogP contribution < -0.4 is 10.1 Å². The summed E-state index contributed by atoms with van der Waals surface area (Å²) in [7, 11) is 1.70. The van der Waals surface area contributed by atoms with E-state index in [1.807, 2.05) is 12.1 Å². The van der Waals surface area contributed by atoms with Gasteiger partial charge in [-0.3, -0.25) is 0 Å². The van der Waals surface area contributed by atoms with Crippen molar-refractivity contribution in [3.63, 3.8) is 0 Å². The van der Waals surface area contributed by atoms with Gasteiger partial charge in [-0.25, -0.2) is 0 Å². The number of hydrogen-bond donors (Lipinski definition) is 1. The van der Waals surface area contributed by atoms with E-state index >= 15 is 0 Å². The van der Waals surface area contributed by atoms with E-state index in [-0.39, 0.29) is 0 Å². The highest BCUT2D eigenvalue weighted by atomic mass is 16.5. The van der Waals surface area contributed by atoms with E-state index in [1.165, 1.54) is 18.4 Å². The minimum Gasteiger partial charge on any atom is -0.497 e. The van der Waals surface area contributed by atoms with E-state index in [1.54, 1.807) is 7.11 Å². The molecule has 0 unspecified atom stereocenters. The Balaban J connectivity index is 1.73. The van der Waals surface area contributed by atoms with Gasteiger partial charge in [0.05, 0.1) is 13.2 Å². The Labute approximate surface area is 109 Å². The smallest absolute Gasteiger partial charge is 0.118 e. The highest BCUT2D eigenvalue weighted by Crippen LogP contribution is 2.13. The molecule has 1 aliphatic heterocycles. The molecule has 0 radical (unpaired) electrons. The van der Waals surface area contributed by atoms with Gasteiger partial charge < -0.3 is 14.8 Å². The Morgan fingerprint density at radius 2 is 2.17 bits per heavy atom. The van der Waals surface area contributed by atoms with Crippen LogP contribution in [0.5, 0.6) is 5.75 Å². The Morgan fingerprint density at radius 3 is 2.78 bits per heavy atom. The van der Waals surface area contributed by atoms with Crippen LogP contribution in [0.15, 0.2) is 24.3 Å². The summed E-state index contributed by atoms with van der Waals surface area (Å²) in [5.74, 6) is 0.915. The summed E-state index contributed by atoms with van der Waals surface area (Å²) in [5.41, 5.74) is 1.34. The number of rotatable bonds is 6. The van der Waals surface area contributed by atoms with Gasteiger partial charge in [0.25, 0.3) is 0 Å². The van der Waals surface area contributed by atoms with Crippen molar-refractivity contribution in [3.8, 4) is 5.75 Å². The maximum Gasteiger partial charge on any atom is 0.118 e. The SMILES string of the molecule is COc1ccc(C[C@H](C)NC[C@H]2CCCO2)cc1. The van der Waals surface area contributed by atoms with Crippen molar-refractivity contribution in [2.45, 2.75) is 38.3 Å². The molecule has 0 saturated carbocycles. The van der Waals surface area contributed by atoms with E-state index in [0.29, 0.717) is 12.1 Å². The average molecular weight is 249 g/mol. The molecule has 1 heterocycles. The van der Waals surface area contributed by atoms with Crippen molar-refractivity contribution < 1.29 is 9.47 Å². The Morgan fingerprint density at radius 1 is 1.39 bits per heavy atom. The van der Waals surface area contributed by atoms with Crippen LogP contribution in [0, 0.1) is 0 Å². The largest absolute Gasteiger partial charge is 0.497 e. The standard InChI is InChI=1S/C15H23NO2/c1-12(16-11-15-4-3-9-18-15)10-13-5-7-14(17-2)8-6-13/h5-8,12,15-16H,3-4,9-11H2,1-2H3/t12-,15+/m0/s1. The number of nitrogens with one attached hydrogen (secondary N) is 1. The summed E-state index contributed by atoms with van der Waals surface area (Å²) in [5, 5.41) is 3.55.